The molecule has 9 heteroatoms. The minimum atomic E-state index is -1.48. The third kappa shape index (κ3) is 4.23. The van der Waals surface area contributed by atoms with Gasteiger partial charge in [-0.05, 0) is 65.7 Å². The van der Waals surface area contributed by atoms with Gasteiger partial charge in [0, 0.05) is 23.9 Å². The van der Waals surface area contributed by atoms with Crippen molar-refractivity contribution < 1.29 is 33.4 Å². The molecule has 1 spiro atoms. The van der Waals surface area contributed by atoms with Gasteiger partial charge < -0.3 is 24.4 Å². The number of amides is 1. The summed E-state index contributed by atoms with van der Waals surface area (Å²) < 4.78 is 16.3. The Kier molecular flexibility index (Phi) is 6.96. The van der Waals surface area contributed by atoms with E-state index in [9.17, 15) is 14.4 Å². The zero-order chi connectivity index (χ0) is 32.2. The number of ether oxygens (including phenoxy) is 3. The first kappa shape index (κ1) is 29.0. The lowest BCUT2D eigenvalue weighted by atomic mass is 9.64. The lowest BCUT2D eigenvalue weighted by Gasteiger charge is -2.37. The molecule has 0 aromatic heterocycles. The Morgan fingerprint density at radius 3 is 2.28 bits per heavy atom. The molecule has 1 saturated heterocycles. The van der Waals surface area contributed by atoms with Crippen molar-refractivity contribution in [1.82, 2.24) is 0 Å². The maximum atomic E-state index is 15.2. The van der Waals surface area contributed by atoms with Gasteiger partial charge in [0.1, 0.15) is 28.7 Å². The molecule has 230 valence electrons. The number of nitrogens with one attached hydrogen (secondary N) is 1. The summed E-state index contributed by atoms with van der Waals surface area (Å²) in [4.78, 5) is 58.2. The van der Waals surface area contributed by atoms with Crippen molar-refractivity contribution in [2.45, 2.75) is 24.4 Å². The Hall–Kier alpha value is -5.70. The predicted molar refractivity (Wildman–Crippen MR) is 172 cm³/mol. The lowest BCUT2D eigenvalue weighted by molar-refractivity contribution is -0.131. The highest BCUT2D eigenvalue weighted by atomic mass is 16.5. The minimum Gasteiger partial charge on any atom is -0.497 e. The van der Waals surface area contributed by atoms with Gasteiger partial charge >= 0.3 is 5.97 Å². The van der Waals surface area contributed by atoms with Crippen LogP contribution in [0, 0.1) is 5.92 Å². The van der Waals surface area contributed by atoms with Crippen molar-refractivity contribution in [3.63, 3.8) is 0 Å². The molecule has 0 bridgehead atoms. The van der Waals surface area contributed by atoms with Gasteiger partial charge in [0.15, 0.2) is 11.6 Å². The normalized spacial score (nSPS) is 22.0. The Labute approximate surface area is 265 Å². The van der Waals surface area contributed by atoms with Crippen molar-refractivity contribution >= 4 is 40.9 Å². The number of Topliss-reactive ketones (excluding diaryl/α,β-unsaturated/α-hetero) is 2. The van der Waals surface area contributed by atoms with E-state index in [2.05, 4.69) is 5.32 Å². The van der Waals surface area contributed by atoms with E-state index in [1.54, 1.807) is 42.5 Å². The molecule has 1 fully saturated rings. The average Bonchev–Trinajstić information content (AvgIpc) is 3.56. The number of ketones is 2. The molecular weight excluding hydrogens is 584 g/mol. The number of anilines is 2. The highest BCUT2D eigenvalue weighted by Gasteiger charge is 2.70. The monoisotopic (exact) mass is 614 g/mol. The second kappa shape index (κ2) is 11.0. The van der Waals surface area contributed by atoms with Crippen LogP contribution in [0.2, 0.25) is 0 Å². The van der Waals surface area contributed by atoms with Crippen molar-refractivity contribution in [3.8, 4) is 17.2 Å². The zero-order valence-corrected chi connectivity index (χ0v) is 25.4. The van der Waals surface area contributed by atoms with Gasteiger partial charge in [-0.15, -0.1) is 0 Å². The van der Waals surface area contributed by atoms with Crippen LogP contribution in [0.15, 0.2) is 97.1 Å². The number of hydrogen-bond acceptors (Lipinski definition) is 8. The van der Waals surface area contributed by atoms with E-state index >= 15 is 4.79 Å². The molecule has 4 aromatic rings. The van der Waals surface area contributed by atoms with Crippen LogP contribution in [-0.4, -0.2) is 49.7 Å². The second-order valence-electron chi connectivity index (χ2n) is 11.5. The number of carbonyl (C=O) groups is 4. The first-order valence-electron chi connectivity index (χ1n) is 14.8. The molecule has 9 nitrogen and oxygen atoms in total. The van der Waals surface area contributed by atoms with Crippen LogP contribution in [0.4, 0.5) is 11.4 Å². The Morgan fingerprint density at radius 1 is 0.826 bits per heavy atom. The molecule has 4 atom stereocenters. The van der Waals surface area contributed by atoms with Crippen LogP contribution in [0.3, 0.4) is 0 Å². The third-order valence-corrected chi connectivity index (χ3v) is 9.17. The summed E-state index contributed by atoms with van der Waals surface area (Å²) in [7, 11) is 2.97. The van der Waals surface area contributed by atoms with Gasteiger partial charge in [0.05, 0.1) is 31.7 Å². The molecule has 3 aliphatic heterocycles. The van der Waals surface area contributed by atoms with Crippen molar-refractivity contribution in [2.24, 2.45) is 5.92 Å². The van der Waals surface area contributed by atoms with Crippen LogP contribution in [0.1, 0.15) is 38.8 Å². The van der Waals surface area contributed by atoms with Crippen LogP contribution >= 0.6 is 0 Å². The Morgan fingerprint density at radius 2 is 1.54 bits per heavy atom. The molecule has 3 heterocycles. The maximum Gasteiger partial charge on any atom is 0.308 e. The second-order valence-corrected chi connectivity index (χ2v) is 11.5. The number of benzene rings is 4. The fourth-order valence-electron chi connectivity index (χ4n) is 7.32. The summed E-state index contributed by atoms with van der Waals surface area (Å²) in [5, 5.41) is 3.03. The predicted octanol–water partition coefficient (Wildman–Crippen LogP) is 5.49. The number of methoxy groups -OCH3 is 2. The fraction of sp³-hybridized carbons (Fsp3) is 0.189. The number of rotatable bonds is 7. The molecule has 1 N–H and O–H groups in total. The number of esters is 1. The summed E-state index contributed by atoms with van der Waals surface area (Å²) in [5.41, 5.74) is 1.83. The number of para-hydroxylation sites is 2. The largest absolute Gasteiger partial charge is 0.497 e. The first-order chi connectivity index (χ1) is 22.3. The number of nitrogens with zero attached hydrogens (tertiary/aromatic N) is 1. The molecule has 7 rings (SSSR count). The zero-order valence-electron chi connectivity index (χ0n) is 25.4. The van der Waals surface area contributed by atoms with Crippen molar-refractivity contribution in [2.75, 3.05) is 24.4 Å². The van der Waals surface area contributed by atoms with E-state index in [0.717, 1.165) is 11.3 Å². The number of fused-ring (bicyclic) bond motifs is 6. The summed E-state index contributed by atoms with van der Waals surface area (Å²) in [6.45, 7) is 1.30. The van der Waals surface area contributed by atoms with Gasteiger partial charge in [-0.25, -0.2) is 0 Å². The molecule has 4 aromatic carbocycles. The van der Waals surface area contributed by atoms with E-state index < -0.39 is 35.2 Å². The number of hydrogen-bond donors (Lipinski definition) is 1. The molecule has 0 aliphatic carbocycles. The Balaban J connectivity index is 1.50. The summed E-state index contributed by atoms with van der Waals surface area (Å²) in [6.07, 6.45) is 3.87. The van der Waals surface area contributed by atoms with E-state index in [4.69, 9.17) is 14.2 Å². The SMILES string of the molecule is COc1ccc(OC)c(C(=O)[C@H]2[C@@H](C(=O)c3ccc(OC(C)=O)cc3)N3c4ccccc4C=C[C@@H]3[C@@]23C(=O)Nc2ccccc23)c1. The Bertz CT molecular complexity index is 1950. The fourth-order valence-corrected chi connectivity index (χ4v) is 7.32. The van der Waals surface area contributed by atoms with E-state index in [1.807, 2.05) is 65.6 Å². The van der Waals surface area contributed by atoms with Gasteiger partial charge in [-0.1, -0.05) is 48.6 Å². The van der Waals surface area contributed by atoms with Crippen molar-refractivity contribution in [3.05, 3.63) is 119 Å². The molecule has 46 heavy (non-hydrogen) atoms. The van der Waals surface area contributed by atoms with Crippen LogP contribution in [-0.2, 0) is 15.0 Å². The quantitative estimate of drug-likeness (QED) is 0.165. The molecule has 0 unspecified atom stereocenters. The standard InChI is InChI=1S/C37H30N2O7/c1-21(40)46-24-15-12-23(13-16-24)34(41)33-32(35(42)26-20-25(44-2)17-18-30(26)45-3)37(27-9-5-6-10-28(27)38-36(37)43)31-19-14-22-8-4-7-11-29(22)39(31)33/h4-20,31-33H,1-3H3,(H,38,43)/t31-,32-,33+,37-/m1/s1. The third-order valence-electron chi connectivity index (χ3n) is 9.17. The highest BCUT2D eigenvalue weighted by Crippen LogP contribution is 2.58. The first-order valence-corrected chi connectivity index (χ1v) is 14.8. The van der Waals surface area contributed by atoms with Gasteiger partial charge in [-0.2, -0.15) is 0 Å². The summed E-state index contributed by atoms with van der Waals surface area (Å²) >= 11 is 0. The van der Waals surface area contributed by atoms with E-state index in [0.29, 0.717) is 28.3 Å². The van der Waals surface area contributed by atoms with Crippen LogP contribution in [0.5, 0.6) is 17.2 Å². The topological polar surface area (TPSA) is 111 Å². The van der Waals surface area contributed by atoms with E-state index in [1.165, 1.54) is 21.1 Å². The average molecular weight is 615 g/mol. The van der Waals surface area contributed by atoms with Gasteiger partial charge in [0.2, 0.25) is 5.91 Å². The van der Waals surface area contributed by atoms with Crippen LogP contribution in [0.25, 0.3) is 6.08 Å². The van der Waals surface area contributed by atoms with E-state index in [-0.39, 0.29) is 23.0 Å². The maximum absolute atomic E-state index is 15.2. The molecule has 1 amide bonds. The number of carbonyl (C=O) groups excluding carboxylic acids is 4. The summed E-state index contributed by atoms with van der Waals surface area (Å²) in [6, 6.07) is 24.3. The highest BCUT2D eigenvalue weighted by molar-refractivity contribution is 6.19. The molecule has 3 aliphatic rings. The lowest BCUT2D eigenvalue weighted by Crippen LogP contribution is -2.51. The van der Waals surface area contributed by atoms with Gasteiger partial charge in [-0.3, -0.25) is 19.2 Å². The molecule has 0 saturated carbocycles. The molecular formula is C37H30N2O7. The smallest absolute Gasteiger partial charge is 0.308 e. The van der Waals surface area contributed by atoms with Crippen LogP contribution < -0.4 is 24.4 Å². The summed E-state index contributed by atoms with van der Waals surface area (Å²) in [5.74, 6) is -1.83. The van der Waals surface area contributed by atoms with Gasteiger partial charge in [0.25, 0.3) is 0 Å². The molecule has 0 radical (unpaired) electrons. The minimum absolute atomic E-state index is 0.198. The van der Waals surface area contributed by atoms with Crippen molar-refractivity contribution in [1.29, 1.82) is 0 Å².